The van der Waals surface area contributed by atoms with Crippen molar-refractivity contribution in [1.82, 2.24) is 0 Å². The maximum atomic E-state index is 12.7. The molecule has 0 spiro atoms. The Morgan fingerprint density at radius 3 is 2.36 bits per heavy atom. The number of rotatable bonds is 1. The Morgan fingerprint density at radius 1 is 1.21 bits per heavy atom. The highest BCUT2D eigenvalue weighted by Crippen LogP contribution is 2.12. The molecule has 1 aromatic carbocycles. The summed E-state index contributed by atoms with van der Waals surface area (Å²) >= 11 is 9.32. The summed E-state index contributed by atoms with van der Waals surface area (Å²) in [6.07, 6.45) is 0. The first-order valence-corrected chi connectivity index (χ1v) is 4.38. The van der Waals surface area contributed by atoms with E-state index in [2.05, 4.69) is 17.5 Å². The highest BCUT2D eigenvalue weighted by atomic mass is 32.1. The van der Waals surface area contributed by atoms with Gasteiger partial charge in [0, 0.05) is 11.8 Å². The van der Waals surface area contributed by atoms with Gasteiger partial charge in [-0.25, -0.2) is 8.78 Å². The van der Waals surface area contributed by atoms with Gasteiger partial charge in [-0.3, -0.25) is 0 Å². The van der Waals surface area contributed by atoms with Gasteiger partial charge in [-0.2, -0.15) is 0 Å². The van der Waals surface area contributed by atoms with E-state index < -0.39 is 11.6 Å². The smallest absolute Gasteiger partial charge is 0.160 e. The molecule has 0 atom stereocenters. The van der Waals surface area contributed by atoms with Crippen LogP contribution in [0, 0.1) is 11.6 Å². The number of hydrogen-bond acceptors (Lipinski definition) is 2. The summed E-state index contributed by atoms with van der Waals surface area (Å²) in [5.74, 6) is -1.88. The summed E-state index contributed by atoms with van der Waals surface area (Å²) in [6.45, 7) is 0. The topological polar surface area (TPSA) is 38.0 Å². The summed E-state index contributed by atoms with van der Waals surface area (Å²) < 4.78 is 25.2. The molecule has 0 fully saturated rings. The molecular formula is C8H6F2N2S2. The zero-order valence-electron chi connectivity index (χ0n) is 6.88. The van der Waals surface area contributed by atoms with Gasteiger partial charge in [0.25, 0.3) is 0 Å². The third-order valence-electron chi connectivity index (χ3n) is 1.40. The molecule has 0 bridgehead atoms. The lowest BCUT2D eigenvalue weighted by Gasteiger charge is -2.05. The van der Waals surface area contributed by atoms with Crippen molar-refractivity contribution < 1.29 is 8.78 Å². The molecule has 0 saturated heterocycles. The van der Waals surface area contributed by atoms with Crippen LogP contribution in [0.25, 0.3) is 0 Å². The molecule has 6 heteroatoms. The predicted octanol–water partition coefficient (Wildman–Crippen LogP) is 1.99. The molecule has 0 aliphatic rings. The van der Waals surface area contributed by atoms with Gasteiger partial charge in [0.1, 0.15) is 9.98 Å². The Hall–Kier alpha value is -1.14. The first-order valence-electron chi connectivity index (χ1n) is 3.56. The third kappa shape index (κ3) is 2.68. The van der Waals surface area contributed by atoms with Crippen LogP contribution in [0.15, 0.2) is 18.2 Å². The van der Waals surface area contributed by atoms with Crippen LogP contribution in [0.3, 0.4) is 0 Å². The summed E-state index contributed by atoms with van der Waals surface area (Å²) in [6, 6.07) is 3.29. The van der Waals surface area contributed by atoms with Crippen LogP contribution in [0.1, 0.15) is 0 Å². The average Bonchev–Trinajstić information content (AvgIpc) is 2.11. The molecule has 0 saturated carbocycles. The fraction of sp³-hybridized carbons (Fsp3) is 0. The Labute approximate surface area is 90.1 Å². The van der Waals surface area contributed by atoms with Crippen molar-refractivity contribution in [3.05, 3.63) is 29.8 Å². The summed E-state index contributed by atoms with van der Waals surface area (Å²) in [4.78, 5) is 0.121. The molecule has 0 aliphatic carbocycles. The Balaban J connectivity index is 2.83. The van der Waals surface area contributed by atoms with Crippen LogP contribution in [0.4, 0.5) is 14.5 Å². The molecule has 0 aliphatic heterocycles. The SMILES string of the molecule is NC(=S)C(=S)Nc1ccc(F)c(F)c1. The van der Waals surface area contributed by atoms with Crippen molar-refractivity contribution >= 4 is 40.1 Å². The molecular weight excluding hydrogens is 226 g/mol. The van der Waals surface area contributed by atoms with E-state index in [1.54, 1.807) is 0 Å². The fourth-order valence-electron chi connectivity index (χ4n) is 0.767. The first kappa shape index (κ1) is 10.9. The quantitative estimate of drug-likeness (QED) is 0.726. The summed E-state index contributed by atoms with van der Waals surface area (Å²) in [5.41, 5.74) is 5.52. The number of anilines is 1. The zero-order chi connectivity index (χ0) is 10.7. The van der Waals surface area contributed by atoms with Crippen LogP contribution in [-0.2, 0) is 0 Å². The van der Waals surface area contributed by atoms with E-state index in [0.717, 1.165) is 12.1 Å². The van der Waals surface area contributed by atoms with Gasteiger partial charge in [0.05, 0.1) is 0 Å². The third-order valence-corrected chi connectivity index (χ3v) is 2.06. The second-order valence-electron chi connectivity index (χ2n) is 2.45. The molecule has 1 aromatic rings. The Kier molecular flexibility index (Phi) is 3.43. The monoisotopic (exact) mass is 232 g/mol. The van der Waals surface area contributed by atoms with Gasteiger partial charge in [-0.15, -0.1) is 0 Å². The van der Waals surface area contributed by atoms with Gasteiger partial charge >= 0.3 is 0 Å². The zero-order valence-corrected chi connectivity index (χ0v) is 8.51. The minimum Gasteiger partial charge on any atom is -0.388 e. The van der Waals surface area contributed by atoms with E-state index in [0.29, 0.717) is 5.69 Å². The lowest BCUT2D eigenvalue weighted by molar-refractivity contribution is 0.509. The van der Waals surface area contributed by atoms with Gasteiger partial charge in [-0.05, 0) is 12.1 Å². The lowest BCUT2D eigenvalue weighted by Crippen LogP contribution is -2.26. The number of benzene rings is 1. The van der Waals surface area contributed by atoms with Gasteiger partial charge < -0.3 is 11.1 Å². The molecule has 1 rings (SSSR count). The van der Waals surface area contributed by atoms with Crippen LogP contribution in [0.5, 0.6) is 0 Å². The molecule has 0 radical (unpaired) electrons. The largest absolute Gasteiger partial charge is 0.388 e. The fourth-order valence-corrected chi connectivity index (χ4v) is 0.935. The van der Waals surface area contributed by atoms with Gasteiger partial charge in [-0.1, -0.05) is 24.4 Å². The van der Waals surface area contributed by atoms with E-state index in [-0.39, 0.29) is 9.98 Å². The molecule has 3 N–H and O–H groups in total. The highest BCUT2D eigenvalue weighted by Gasteiger charge is 2.04. The van der Waals surface area contributed by atoms with E-state index in [1.165, 1.54) is 6.07 Å². The van der Waals surface area contributed by atoms with Gasteiger partial charge in [0.2, 0.25) is 0 Å². The minimum absolute atomic E-state index is 0.00438. The number of nitrogens with two attached hydrogens (primary N) is 1. The van der Waals surface area contributed by atoms with Crippen molar-refractivity contribution in [2.75, 3.05) is 5.32 Å². The van der Waals surface area contributed by atoms with Crippen molar-refractivity contribution in [2.24, 2.45) is 5.73 Å². The maximum Gasteiger partial charge on any atom is 0.160 e. The van der Waals surface area contributed by atoms with E-state index in [1.807, 2.05) is 0 Å². The normalized spacial score (nSPS) is 9.57. The number of hydrogen-bond donors (Lipinski definition) is 2. The number of thiocarbonyl (C=S) groups is 2. The van der Waals surface area contributed by atoms with Crippen LogP contribution in [0.2, 0.25) is 0 Å². The molecule has 14 heavy (non-hydrogen) atoms. The van der Waals surface area contributed by atoms with Crippen molar-refractivity contribution in [3.63, 3.8) is 0 Å². The molecule has 0 aromatic heterocycles. The van der Waals surface area contributed by atoms with E-state index in [9.17, 15) is 8.78 Å². The van der Waals surface area contributed by atoms with Crippen LogP contribution >= 0.6 is 24.4 Å². The van der Waals surface area contributed by atoms with Crippen molar-refractivity contribution in [3.8, 4) is 0 Å². The number of halogens is 2. The van der Waals surface area contributed by atoms with E-state index >= 15 is 0 Å². The molecule has 2 nitrogen and oxygen atoms in total. The van der Waals surface area contributed by atoms with Crippen LogP contribution < -0.4 is 11.1 Å². The maximum absolute atomic E-state index is 12.7. The molecule has 0 amide bonds. The molecule has 74 valence electrons. The summed E-state index contributed by atoms with van der Waals surface area (Å²) in [7, 11) is 0. The number of nitrogens with one attached hydrogen (secondary N) is 1. The molecule has 0 heterocycles. The van der Waals surface area contributed by atoms with Crippen LogP contribution in [-0.4, -0.2) is 9.98 Å². The standard InChI is InChI=1S/C8H6F2N2S2/c9-5-2-1-4(3-6(5)10)12-8(14)7(11)13/h1-3H,(H2,11,13)(H,12,14). The summed E-state index contributed by atoms with van der Waals surface area (Å²) in [5, 5.41) is 2.57. The Bertz CT molecular complexity index is 393. The molecule has 0 unspecified atom stereocenters. The highest BCUT2D eigenvalue weighted by molar-refractivity contribution is 7.89. The minimum atomic E-state index is -0.958. The lowest BCUT2D eigenvalue weighted by atomic mass is 10.3. The second-order valence-corrected chi connectivity index (χ2v) is 3.30. The Morgan fingerprint density at radius 2 is 1.86 bits per heavy atom. The average molecular weight is 232 g/mol. The van der Waals surface area contributed by atoms with Crippen molar-refractivity contribution in [1.29, 1.82) is 0 Å². The first-order chi connectivity index (χ1) is 6.50. The van der Waals surface area contributed by atoms with Crippen molar-refractivity contribution in [2.45, 2.75) is 0 Å². The predicted molar refractivity (Wildman–Crippen MR) is 59.4 cm³/mol. The second kappa shape index (κ2) is 4.39. The van der Waals surface area contributed by atoms with E-state index in [4.69, 9.17) is 18.0 Å². The van der Waals surface area contributed by atoms with Gasteiger partial charge in [0.15, 0.2) is 11.6 Å².